The van der Waals surface area contributed by atoms with Crippen molar-refractivity contribution in [3.63, 3.8) is 0 Å². The molecule has 0 amide bonds. The van der Waals surface area contributed by atoms with Crippen LogP contribution in [0.2, 0.25) is 5.15 Å². The zero-order valence-electron chi connectivity index (χ0n) is 7.68. The van der Waals surface area contributed by atoms with Crippen molar-refractivity contribution in [2.75, 3.05) is 12.3 Å². The van der Waals surface area contributed by atoms with Crippen LogP contribution >= 0.6 is 11.6 Å². The van der Waals surface area contributed by atoms with Crippen LogP contribution in [0, 0.1) is 10.1 Å². The third-order valence-electron chi connectivity index (χ3n) is 1.64. The maximum Gasteiger partial charge on any atom is 0.311 e. The van der Waals surface area contributed by atoms with Gasteiger partial charge in [0.2, 0.25) is 5.82 Å². The van der Waals surface area contributed by atoms with Gasteiger partial charge in [-0.25, -0.2) is 4.98 Å². The number of halogens is 1. The average molecular weight is 229 g/mol. The zero-order valence-corrected chi connectivity index (χ0v) is 8.44. The molecule has 0 aliphatic carbocycles. The van der Waals surface area contributed by atoms with Crippen LogP contribution in [0.1, 0.15) is 5.56 Å². The highest BCUT2D eigenvalue weighted by Gasteiger charge is 2.15. The number of nitro groups is 1. The minimum Gasteiger partial charge on any atom is -0.378 e. The van der Waals surface area contributed by atoms with Gasteiger partial charge in [0.25, 0.3) is 0 Å². The summed E-state index contributed by atoms with van der Waals surface area (Å²) < 4.78 is 0. The molecule has 0 aromatic carbocycles. The number of pyridine rings is 1. The van der Waals surface area contributed by atoms with Crippen molar-refractivity contribution in [1.82, 2.24) is 4.98 Å². The fourth-order valence-corrected chi connectivity index (χ4v) is 1.18. The summed E-state index contributed by atoms with van der Waals surface area (Å²) >= 11 is 5.74. The van der Waals surface area contributed by atoms with E-state index in [0.29, 0.717) is 12.1 Å². The molecule has 0 bridgehead atoms. The molecule has 0 spiro atoms. The fourth-order valence-electron chi connectivity index (χ4n) is 0.966. The lowest BCUT2D eigenvalue weighted by atomic mass is 10.2. The Kier molecular flexibility index (Phi) is 3.59. The average Bonchev–Trinajstić information content (AvgIpc) is 2.16. The van der Waals surface area contributed by atoms with Crippen LogP contribution in [0.25, 0.3) is 6.08 Å². The van der Waals surface area contributed by atoms with Gasteiger partial charge in [0.1, 0.15) is 5.15 Å². The third kappa shape index (κ3) is 2.64. The zero-order chi connectivity index (χ0) is 11.4. The maximum atomic E-state index is 10.6. The minimum atomic E-state index is -0.613. The van der Waals surface area contributed by atoms with Crippen molar-refractivity contribution in [1.29, 1.82) is 0 Å². The first kappa shape index (κ1) is 11.4. The van der Waals surface area contributed by atoms with E-state index in [1.165, 1.54) is 6.07 Å². The van der Waals surface area contributed by atoms with Crippen molar-refractivity contribution < 1.29 is 4.92 Å². The maximum absolute atomic E-state index is 10.6. The van der Waals surface area contributed by atoms with Gasteiger partial charge in [0, 0.05) is 18.2 Å². The summed E-state index contributed by atoms with van der Waals surface area (Å²) in [4.78, 5) is 13.6. The molecule has 0 saturated carbocycles. The molecule has 0 atom stereocenters. The largest absolute Gasteiger partial charge is 0.378 e. The standard InChI is InChI=1S/C8H9ClN4O2/c9-7-5(2-1-3-10)4-6(13(14)15)8(11)12-7/h1-2,4H,3,10H2,(H2,11,12). The summed E-state index contributed by atoms with van der Waals surface area (Å²) in [7, 11) is 0. The lowest BCUT2D eigenvalue weighted by molar-refractivity contribution is -0.384. The number of nitrogen functional groups attached to an aromatic ring is 1. The molecular weight excluding hydrogens is 220 g/mol. The molecule has 0 saturated heterocycles. The highest BCUT2D eigenvalue weighted by molar-refractivity contribution is 6.31. The summed E-state index contributed by atoms with van der Waals surface area (Å²) in [5.41, 5.74) is 10.7. The minimum absolute atomic E-state index is 0.114. The fraction of sp³-hybridized carbons (Fsp3) is 0.125. The second-order valence-corrected chi connectivity index (χ2v) is 3.03. The van der Waals surface area contributed by atoms with Gasteiger partial charge in [-0.3, -0.25) is 10.1 Å². The van der Waals surface area contributed by atoms with Crippen molar-refractivity contribution in [3.8, 4) is 0 Å². The van der Waals surface area contributed by atoms with Crippen LogP contribution in [-0.2, 0) is 0 Å². The lowest BCUT2D eigenvalue weighted by Crippen LogP contribution is -2.00. The number of nitrogens with zero attached hydrogens (tertiary/aromatic N) is 2. The van der Waals surface area contributed by atoms with Crippen molar-refractivity contribution >= 4 is 29.2 Å². The van der Waals surface area contributed by atoms with Crippen LogP contribution in [0.4, 0.5) is 11.5 Å². The monoisotopic (exact) mass is 228 g/mol. The molecule has 0 aliphatic heterocycles. The van der Waals surface area contributed by atoms with Gasteiger partial charge in [-0.2, -0.15) is 0 Å². The van der Waals surface area contributed by atoms with E-state index >= 15 is 0 Å². The molecule has 0 fully saturated rings. The van der Waals surface area contributed by atoms with Gasteiger partial charge in [0.05, 0.1) is 4.92 Å². The van der Waals surface area contributed by atoms with E-state index in [-0.39, 0.29) is 16.7 Å². The molecule has 15 heavy (non-hydrogen) atoms. The van der Waals surface area contributed by atoms with Gasteiger partial charge in [-0.05, 0) is 0 Å². The van der Waals surface area contributed by atoms with Gasteiger partial charge in [0.15, 0.2) is 0 Å². The normalized spacial score (nSPS) is 10.8. The predicted octanol–water partition coefficient (Wildman–Crippen LogP) is 1.20. The van der Waals surface area contributed by atoms with Gasteiger partial charge >= 0.3 is 5.69 Å². The molecule has 0 radical (unpaired) electrons. The van der Waals surface area contributed by atoms with Crippen LogP contribution in [-0.4, -0.2) is 16.5 Å². The first-order chi connectivity index (χ1) is 7.06. The molecule has 1 rings (SSSR count). The Morgan fingerprint density at radius 1 is 1.67 bits per heavy atom. The molecule has 80 valence electrons. The van der Waals surface area contributed by atoms with Gasteiger partial charge in [-0.1, -0.05) is 23.8 Å². The Balaban J connectivity index is 3.23. The van der Waals surface area contributed by atoms with E-state index in [9.17, 15) is 10.1 Å². The van der Waals surface area contributed by atoms with Crippen molar-refractivity contribution in [3.05, 3.63) is 33.0 Å². The van der Waals surface area contributed by atoms with Crippen LogP contribution in [0.15, 0.2) is 12.1 Å². The first-order valence-electron chi connectivity index (χ1n) is 4.03. The third-order valence-corrected chi connectivity index (χ3v) is 1.94. The smallest absolute Gasteiger partial charge is 0.311 e. The molecular formula is C8H9ClN4O2. The number of hydrogen-bond donors (Lipinski definition) is 2. The Labute approximate surface area is 90.7 Å². The van der Waals surface area contributed by atoms with E-state index in [0.717, 1.165) is 0 Å². The van der Waals surface area contributed by atoms with Crippen molar-refractivity contribution in [2.45, 2.75) is 0 Å². The Hall–Kier alpha value is -1.66. The lowest BCUT2D eigenvalue weighted by Gasteiger charge is -2.00. The summed E-state index contributed by atoms with van der Waals surface area (Å²) in [5, 5.41) is 10.7. The van der Waals surface area contributed by atoms with E-state index in [2.05, 4.69) is 4.98 Å². The molecule has 1 heterocycles. The van der Waals surface area contributed by atoms with Crippen molar-refractivity contribution in [2.24, 2.45) is 5.73 Å². The molecule has 6 nitrogen and oxygen atoms in total. The van der Waals surface area contributed by atoms with Gasteiger partial charge < -0.3 is 11.5 Å². The highest BCUT2D eigenvalue weighted by Crippen LogP contribution is 2.26. The Morgan fingerprint density at radius 2 is 2.33 bits per heavy atom. The van der Waals surface area contributed by atoms with E-state index < -0.39 is 4.92 Å². The Bertz CT molecular complexity index is 419. The summed E-state index contributed by atoms with van der Waals surface area (Å²) in [5.74, 6) is -0.199. The van der Waals surface area contributed by atoms with Crippen LogP contribution < -0.4 is 11.5 Å². The topological polar surface area (TPSA) is 108 Å². The van der Waals surface area contributed by atoms with Gasteiger partial charge in [-0.15, -0.1) is 0 Å². The van der Waals surface area contributed by atoms with E-state index in [4.69, 9.17) is 23.1 Å². The summed E-state index contributed by atoms with van der Waals surface area (Å²) in [6.45, 7) is 0.314. The number of anilines is 1. The number of rotatable bonds is 3. The molecule has 1 aromatic rings. The molecule has 1 aromatic heterocycles. The van der Waals surface area contributed by atoms with E-state index in [1.54, 1.807) is 12.2 Å². The number of nitrogens with two attached hydrogens (primary N) is 2. The SMILES string of the molecule is NCC=Cc1cc([N+](=O)[O-])c(N)nc1Cl. The second-order valence-electron chi connectivity index (χ2n) is 2.67. The number of hydrogen-bond acceptors (Lipinski definition) is 5. The quantitative estimate of drug-likeness (QED) is 0.459. The van der Waals surface area contributed by atoms with E-state index in [1.807, 2.05) is 0 Å². The van der Waals surface area contributed by atoms with Crippen LogP contribution in [0.3, 0.4) is 0 Å². The summed E-state index contributed by atoms with van der Waals surface area (Å²) in [6.07, 6.45) is 3.17. The molecule has 4 N–H and O–H groups in total. The first-order valence-corrected chi connectivity index (χ1v) is 4.41. The second kappa shape index (κ2) is 4.72. The van der Waals surface area contributed by atoms with Crippen LogP contribution in [0.5, 0.6) is 0 Å². The number of aromatic nitrogens is 1. The summed E-state index contributed by atoms with van der Waals surface area (Å²) in [6, 6.07) is 1.26. The molecule has 0 aliphatic rings. The molecule has 0 unspecified atom stereocenters. The Morgan fingerprint density at radius 3 is 2.87 bits per heavy atom. The highest BCUT2D eigenvalue weighted by atomic mass is 35.5. The molecule has 7 heteroatoms. The predicted molar refractivity (Wildman–Crippen MR) is 58.4 cm³/mol.